The van der Waals surface area contributed by atoms with Gasteiger partial charge in [-0.3, -0.25) is 0 Å². The largest absolute Gasteiger partial charge is 2.00 e. The van der Waals surface area contributed by atoms with Crippen LogP contribution in [0.1, 0.15) is 369 Å². The van der Waals surface area contributed by atoms with Crippen molar-refractivity contribution in [3.8, 4) is 0 Å². The average molecular weight is 1230 g/mol. The Morgan fingerprint density at radius 1 is 0.231 bits per heavy atom. The van der Waals surface area contributed by atoms with Crippen LogP contribution < -0.4 is 19.9 Å². The van der Waals surface area contributed by atoms with Gasteiger partial charge in [0.2, 0.25) is 0 Å². The van der Waals surface area contributed by atoms with E-state index in [0.29, 0.717) is 0 Å². The maximum Gasteiger partial charge on any atom is 2.00 e. The number of rotatable bonds is 12. The number of aromatic nitrogens is 8. The van der Waals surface area contributed by atoms with Crippen molar-refractivity contribution in [1.82, 2.24) is 39.9 Å². The van der Waals surface area contributed by atoms with E-state index in [0.717, 1.165) is 74.7 Å². The van der Waals surface area contributed by atoms with Crippen molar-refractivity contribution >= 4 is 91.0 Å². The maximum atomic E-state index is 4.93. The van der Waals surface area contributed by atoms with Crippen molar-refractivity contribution < 1.29 is 0 Å². The molecule has 0 unspecified atom stereocenters. The van der Waals surface area contributed by atoms with E-state index in [-0.39, 0.29) is 156 Å². The molecule has 4 rings (SSSR count). The van der Waals surface area contributed by atoms with Gasteiger partial charge in [-0.1, -0.05) is 344 Å². The molecule has 0 bridgehead atoms. The first-order valence-corrected chi connectivity index (χ1v) is 29.8. The van der Waals surface area contributed by atoms with Gasteiger partial charge in [0.05, 0.1) is 0 Å². The second-order valence-corrected chi connectivity index (χ2v) is 33.5. The van der Waals surface area contributed by atoms with Crippen LogP contribution >= 0.6 is 0 Å². The fraction of sp³-hybridized carbons (Fsp3) is 0.824. The van der Waals surface area contributed by atoms with Crippen molar-refractivity contribution in [3.63, 3.8) is 0 Å². The van der Waals surface area contributed by atoms with Crippen LogP contribution in [-0.2, 0) is 65.0 Å². The van der Waals surface area contributed by atoms with Gasteiger partial charge in [0, 0.05) is 0 Å². The molecule has 0 atom stereocenters. The monoisotopic (exact) mass is 1230 g/mol. The summed E-state index contributed by atoms with van der Waals surface area (Å²) in [7, 11) is 0. The molecule has 8 nitrogen and oxygen atoms in total. The molecule has 0 amide bonds. The van der Waals surface area contributed by atoms with Gasteiger partial charge in [-0.15, -0.1) is 0 Å². The Labute approximate surface area is 559 Å². The van der Waals surface area contributed by atoms with Crippen LogP contribution in [0.25, 0.3) is 0 Å². The van der Waals surface area contributed by atoms with Crippen LogP contribution in [0.15, 0.2) is 0 Å². The summed E-state index contributed by atoms with van der Waals surface area (Å²) in [6, 6.07) is 0. The number of imidazole rings is 4. The summed E-state index contributed by atoms with van der Waals surface area (Å²) < 4.78 is 0. The number of hydrogen-bond donors (Lipinski definition) is 0. The molecule has 4 aromatic rings. The molecule has 0 N–H and O–H groups in total. The van der Waals surface area contributed by atoms with E-state index in [1.165, 1.54) is 45.6 Å². The van der Waals surface area contributed by atoms with Crippen molar-refractivity contribution in [2.75, 3.05) is 0 Å². The molecular weight excluding hydrogens is 1100 g/mol. The summed E-state index contributed by atoms with van der Waals surface area (Å²) in [6.45, 7) is 80.3. The summed E-state index contributed by atoms with van der Waals surface area (Å²) in [5.41, 5.74) is 10.0. The van der Waals surface area contributed by atoms with Gasteiger partial charge in [-0.2, -0.15) is 0 Å². The van der Waals surface area contributed by atoms with Crippen LogP contribution in [0.4, 0.5) is 0 Å². The first kappa shape index (κ1) is 79.9. The summed E-state index contributed by atoms with van der Waals surface area (Å²) in [5, 5.41) is 0. The first-order valence-electron chi connectivity index (χ1n) is 29.8. The summed E-state index contributed by atoms with van der Waals surface area (Å²) in [5.74, 6) is 4.07. The maximum absolute atomic E-state index is 4.93. The van der Waals surface area contributed by atoms with Crippen LogP contribution in [0.3, 0.4) is 0 Å². The summed E-state index contributed by atoms with van der Waals surface area (Å²) >= 11 is 0. The number of hydrogen-bond acceptors (Lipinski definition) is 4. The normalized spacial score (nSPS) is 13.6. The zero-order valence-electron chi connectivity index (χ0n) is 58.6. The molecule has 0 saturated heterocycles. The first-order chi connectivity index (χ1) is 33.6. The molecule has 10 heteroatoms. The molecule has 0 radical (unpaired) electrons. The predicted molar refractivity (Wildman–Crippen MR) is 343 cm³/mol. The second-order valence-electron chi connectivity index (χ2n) is 33.5. The topological polar surface area (TPSA) is 108 Å². The average Bonchev–Trinajstić information content (AvgIpc) is 4.01. The van der Waals surface area contributed by atoms with Crippen molar-refractivity contribution in [3.05, 3.63) is 68.8 Å². The molecule has 0 saturated carbocycles. The Kier molecular flexibility index (Phi) is 29.5. The molecule has 0 aromatic carbocycles. The van der Waals surface area contributed by atoms with E-state index in [4.69, 9.17) is 39.9 Å². The van der Waals surface area contributed by atoms with Gasteiger partial charge in [0.15, 0.2) is 0 Å². The Morgan fingerprint density at radius 3 is 0.436 bits per heavy atom. The van der Waals surface area contributed by atoms with E-state index in [2.05, 4.69) is 249 Å². The van der Waals surface area contributed by atoms with Crippen LogP contribution in [0.5, 0.6) is 0 Å². The van der Waals surface area contributed by atoms with Crippen molar-refractivity contribution in [2.45, 2.75) is 366 Å². The molecule has 0 fully saturated rings. The molecule has 4 aromatic heterocycles. The van der Waals surface area contributed by atoms with Crippen molar-refractivity contribution in [1.29, 1.82) is 0 Å². The fourth-order valence-electron chi connectivity index (χ4n) is 9.71. The third-order valence-electron chi connectivity index (χ3n) is 14.2. The molecular formula is C68H124N8Sr2. The Hall–Kier alpha value is -0.199. The van der Waals surface area contributed by atoms with E-state index in [1.807, 2.05) is 0 Å². The summed E-state index contributed by atoms with van der Waals surface area (Å²) in [6.07, 6.45) is 9.17. The standard InChI is InChI=1S/4C17H31N2.2Sr/c4*1-10-11-17(8,9)14-18-12(15(2,3)4)13(19-14)16(5,6)7;;/h4*10-11H2,1-9H3;;/q4*-1;2*+2. The molecule has 78 heavy (non-hydrogen) atoms. The molecule has 0 aliphatic rings. The van der Waals surface area contributed by atoms with E-state index >= 15 is 0 Å². The van der Waals surface area contributed by atoms with E-state index in [9.17, 15) is 0 Å². The van der Waals surface area contributed by atoms with Gasteiger partial charge in [-0.25, -0.2) is 0 Å². The van der Waals surface area contributed by atoms with E-state index < -0.39 is 0 Å². The SMILES string of the molecule is CCCC(C)(C)c1nc(C(C)(C)C)c(C(C)(C)C)[n-]1.CCCC(C)(C)c1nc(C(C)(C)C)c(C(C)(C)C)[n-]1.CCCC(C)(C)c1nc(C(C)(C)C)c(C(C)(C)C)[n-]1.CCCC(C)(C)c1nc(C(C)(C)C)c(C(C)(C)C)[n-]1.[Sr+2].[Sr+2]. The van der Waals surface area contributed by atoms with E-state index in [1.54, 1.807) is 0 Å². The fourth-order valence-corrected chi connectivity index (χ4v) is 9.71. The molecule has 0 aliphatic carbocycles. The minimum Gasteiger partial charge on any atom is -0.442 e. The zero-order valence-corrected chi connectivity index (χ0v) is 65.6. The van der Waals surface area contributed by atoms with Crippen molar-refractivity contribution in [2.24, 2.45) is 0 Å². The van der Waals surface area contributed by atoms with Crippen LogP contribution in [-0.4, -0.2) is 111 Å². The molecule has 4 heterocycles. The Morgan fingerprint density at radius 2 is 0.359 bits per heavy atom. The third-order valence-corrected chi connectivity index (χ3v) is 14.2. The predicted octanol–water partition coefficient (Wildman–Crippen LogP) is 18.1. The molecule has 0 aliphatic heterocycles. The minimum atomic E-state index is 0. The molecule has 0 spiro atoms. The van der Waals surface area contributed by atoms with Crippen LogP contribution in [0, 0.1) is 0 Å². The number of nitrogens with zero attached hydrogens (tertiary/aromatic N) is 8. The smallest absolute Gasteiger partial charge is 0.442 e. The Bertz CT molecular complexity index is 1920. The van der Waals surface area contributed by atoms with Gasteiger partial charge in [0.1, 0.15) is 0 Å². The van der Waals surface area contributed by atoms with Gasteiger partial charge in [-0.05, 0) is 90.7 Å². The van der Waals surface area contributed by atoms with Gasteiger partial charge < -0.3 is 39.9 Å². The van der Waals surface area contributed by atoms with Gasteiger partial charge >= 0.3 is 91.0 Å². The zero-order chi connectivity index (χ0) is 60.2. The van der Waals surface area contributed by atoms with Crippen LogP contribution in [0.2, 0.25) is 0 Å². The quantitative estimate of drug-likeness (QED) is 0.129. The molecule has 440 valence electrons. The summed E-state index contributed by atoms with van der Waals surface area (Å²) in [4.78, 5) is 39.4. The Balaban J connectivity index is 0. The second kappa shape index (κ2) is 28.8. The van der Waals surface area contributed by atoms with Gasteiger partial charge in [0.25, 0.3) is 0 Å². The minimum absolute atomic E-state index is 0. The third kappa shape index (κ3) is 23.0.